The molecule has 0 spiro atoms. The Balaban J connectivity index is 1.89. The Morgan fingerprint density at radius 2 is 2.19 bits per heavy atom. The number of rotatable bonds is 5. The van der Waals surface area contributed by atoms with Crippen molar-refractivity contribution < 1.29 is 4.79 Å². The third kappa shape index (κ3) is 4.91. The number of carbonyl (C=O) groups excluding carboxylic acids is 1. The van der Waals surface area contributed by atoms with Crippen molar-refractivity contribution in [3.8, 4) is 0 Å². The lowest BCUT2D eigenvalue weighted by atomic mass is 10.1. The average Bonchev–Trinajstić information content (AvgIpc) is 2.43. The maximum Gasteiger partial charge on any atom is 0.239 e. The molecule has 6 heteroatoms. The molecule has 0 radical (unpaired) electrons. The molecule has 0 unspecified atom stereocenters. The number of nitrogens with one attached hydrogen (secondary N) is 1. The number of aromatic nitrogens is 2. The fourth-order valence-corrected chi connectivity index (χ4v) is 2.45. The average molecular weight is 349 g/mol. The van der Waals surface area contributed by atoms with Crippen LogP contribution in [0.1, 0.15) is 11.1 Å². The Hall–Kier alpha value is -1.79. The summed E-state index contributed by atoms with van der Waals surface area (Å²) < 4.78 is 1.06. The molecule has 1 N–H and O–H groups in total. The highest BCUT2D eigenvalue weighted by Crippen LogP contribution is 2.17. The molecular formula is C15H17BrN4O. The first-order valence-corrected chi connectivity index (χ1v) is 7.35. The van der Waals surface area contributed by atoms with Gasteiger partial charge in [-0.2, -0.15) is 5.10 Å². The van der Waals surface area contributed by atoms with E-state index in [1.54, 1.807) is 18.3 Å². The van der Waals surface area contributed by atoms with Crippen molar-refractivity contribution in [3.63, 3.8) is 0 Å². The summed E-state index contributed by atoms with van der Waals surface area (Å²) in [5.41, 5.74) is 2.40. The van der Waals surface area contributed by atoms with E-state index in [0.717, 1.165) is 4.47 Å². The van der Waals surface area contributed by atoms with Gasteiger partial charge in [0.15, 0.2) is 5.82 Å². The smallest absolute Gasteiger partial charge is 0.239 e. The van der Waals surface area contributed by atoms with E-state index in [9.17, 15) is 4.79 Å². The van der Waals surface area contributed by atoms with E-state index in [1.807, 2.05) is 18.0 Å². The minimum atomic E-state index is -0.104. The maximum absolute atomic E-state index is 11.9. The van der Waals surface area contributed by atoms with Crippen LogP contribution in [0.4, 0.5) is 5.82 Å². The van der Waals surface area contributed by atoms with Crippen LogP contribution in [0, 0.1) is 6.92 Å². The Morgan fingerprint density at radius 3 is 2.86 bits per heavy atom. The molecule has 2 rings (SSSR count). The van der Waals surface area contributed by atoms with Crippen molar-refractivity contribution >= 4 is 27.7 Å². The minimum Gasteiger partial charge on any atom is -0.308 e. The van der Waals surface area contributed by atoms with E-state index < -0.39 is 0 Å². The van der Waals surface area contributed by atoms with Crippen LogP contribution in [0.15, 0.2) is 41.0 Å². The Kier molecular flexibility index (Phi) is 5.41. The first-order valence-electron chi connectivity index (χ1n) is 6.56. The van der Waals surface area contributed by atoms with E-state index >= 15 is 0 Å². The number of nitrogens with zero attached hydrogens (tertiary/aromatic N) is 3. The Bertz CT molecular complexity index is 618. The van der Waals surface area contributed by atoms with Crippen LogP contribution in [0.25, 0.3) is 0 Å². The molecule has 1 amide bonds. The summed E-state index contributed by atoms with van der Waals surface area (Å²) >= 11 is 3.45. The van der Waals surface area contributed by atoms with E-state index in [2.05, 4.69) is 50.5 Å². The van der Waals surface area contributed by atoms with Crippen molar-refractivity contribution in [2.75, 3.05) is 18.9 Å². The van der Waals surface area contributed by atoms with Crippen LogP contribution in [-0.2, 0) is 11.3 Å². The second-order valence-electron chi connectivity index (χ2n) is 4.90. The first-order chi connectivity index (χ1) is 10.0. The lowest BCUT2D eigenvalue weighted by molar-refractivity contribution is -0.117. The predicted molar refractivity (Wildman–Crippen MR) is 85.9 cm³/mol. The molecule has 0 saturated heterocycles. The minimum absolute atomic E-state index is 0.104. The molecular weight excluding hydrogens is 332 g/mol. The fraction of sp³-hybridized carbons (Fsp3) is 0.267. The fourth-order valence-electron chi connectivity index (χ4n) is 1.98. The van der Waals surface area contributed by atoms with Crippen molar-refractivity contribution in [1.29, 1.82) is 0 Å². The maximum atomic E-state index is 11.9. The number of amides is 1. The lowest BCUT2D eigenvalue weighted by Crippen LogP contribution is -2.30. The number of halogens is 1. The largest absolute Gasteiger partial charge is 0.308 e. The zero-order valence-electron chi connectivity index (χ0n) is 12.0. The topological polar surface area (TPSA) is 58.1 Å². The molecule has 0 aliphatic carbocycles. The van der Waals surface area contributed by atoms with Crippen LogP contribution in [0.2, 0.25) is 0 Å². The number of benzene rings is 1. The third-order valence-electron chi connectivity index (χ3n) is 3.00. The summed E-state index contributed by atoms with van der Waals surface area (Å²) in [4.78, 5) is 13.9. The van der Waals surface area contributed by atoms with Crippen molar-refractivity contribution in [2.45, 2.75) is 13.5 Å². The third-order valence-corrected chi connectivity index (χ3v) is 3.49. The van der Waals surface area contributed by atoms with Gasteiger partial charge in [-0.1, -0.05) is 22.0 Å². The highest BCUT2D eigenvalue weighted by Gasteiger charge is 2.09. The first kappa shape index (κ1) is 15.6. The lowest BCUT2D eigenvalue weighted by Gasteiger charge is -2.17. The van der Waals surface area contributed by atoms with Gasteiger partial charge in [0.25, 0.3) is 0 Å². The molecule has 21 heavy (non-hydrogen) atoms. The summed E-state index contributed by atoms with van der Waals surface area (Å²) in [7, 11) is 1.91. The summed E-state index contributed by atoms with van der Waals surface area (Å²) in [5.74, 6) is 0.364. The number of aryl methyl sites for hydroxylation is 1. The van der Waals surface area contributed by atoms with Gasteiger partial charge in [-0.3, -0.25) is 9.69 Å². The number of anilines is 1. The molecule has 0 fully saturated rings. The highest BCUT2D eigenvalue weighted by atomic mass is 79.9. The molecule has 0 aliphatic rings. The van der Waals surface area contributed by atoms with Gasteiger partial charge in [0.05, 0.1) is 6.54 Å². The zero-order valence-corrected chi connectivity index (χ0v) is 13.6. The summed E-state index contributed by atoms with van der Waals surface area (Å²) in [6, 6.07) is 9.59. The summed E-state index contributed by atoms with van der Waals surface area (Å²) in [6.45, 7) is 3.08. The van der Waals surface area contributed by atoms with Crippen LogP contribution in [0.3, 0.4) is 0 Å². The summed E-state index contributed by atoms with van der Waals surface area (Å²) in [6.07, 6.45) is 1.57. The van der Waals surface area contributed by atoms with Crippen LogP contribution in [0.5, 0.6) is 0 Å². The van der Waals surface area contributed by atoms with E-state index in [-0.39, 0.29) is 5.91 Å². The van der Waals surface area contributed by atoms with Gasteiger partial charge in [-0.05, 0) is 49.4 Å². The normalized spacial score (nSPS) is 10.7. The predicted octanol–water partition coefficient (Wildman–Crippen LogP) is 2.62. The zero-order chi connectivity index (χ0) is 15.2. The summed E-state index contributed by atoms with van der Waals surface area (Å²) in [5, 5.41) is 10.3. The second kappa shape index (κ2) is 7.28. The monoisotopic (exact) mass is 348 g/mol. The van der Waals surface area contributed by atoms with E-state index in [4.69, 9.17) is 0 Å². The number of hydrogen-bond acceptors (Lipinski definition) is 4. The molecule has 110 valence electrons. The molecule has 0 atom stereocenters. The van der Waals surface area contributed by atoms with Gasteiger partial charge in [0.1, 0.15) is 0 Å². The van der Waals surface area contributed by atoms with Gasteiger partial charge >= 0.3 is 0 Å². The SMILES string of the molecule is Cc1cc(Br)ccc1CN(C)CC(=O)Nc1cccnn1. The van der Waals surface area contributed by atoms with Crippen molar-refractivity contribution in [3.05, 3.63) is 52.1 Å². The Labute approximate surface area is 132 Å². The van der Waals surface area contributed by atoms with Crippen molar-refractivity contribution in [1.82, 2.24) is 15.1 Å². The quantitative estimate of drug-likeness (QED) is 0.902. The van der Waals surface area contributed by atoms with Gasteiger partial charge in [-0.25, -0.2) is 0 Å². The molecule has 0 bridgehead atoms. The molecule has 2 aromatic rings. The molecule has 0 aliphatic heterocycles. The van der Waals surface area contributed by atoms with Crippen LogP contribution in [-0.4, -0.2) is 34.6 Å². The van der Waals surface area contributed by atoms with Gasteiger partial charge < -0.3 is 5.32 Å². The number of carbonyl (C=O) groups is 1. The number of likely N-dealkylation sites (N-methyl/N-ethyl adjacent to an activating group) is 1. The van der Waals surface area contributed by atoms with Gasteiger partial charge in [0.2, 0.25) is 5.91 Å². The molecule has 1 heterocycles. The molecule has 1 aromatic carbocycles. The van der Waals surface area contributed by atoms with Gasteiger partial charge in [-0.15, -0.1) is 5.10 Å². The number of hydrogen-bond donors (Lipinski definition) is 1. The highest BCUT2D eigenvalue weighted by molar-refractivity contribution is 9.10. The van der Waals surface area contributed by atoms with Crippen molar-refractivity contribution in [2.24, 2.45) is 0 Å². The Morgan fingerprint density at radius 1 is 1.38 bits per heavy atom. The van der Waals surface area contributed by atoms with Crippen LogP contribution >= 0.6 is 15.9 Å². The van der Waals surface area contributed by atoms with Gasteiger partial charge in [0, 0.05) is 17.2 Å². The second-order valence-corrected chi connectivity index (χ2v) is 5.82. The standard InChI is InChI=1S/C15H17BrN4O/c1-11-8-13(16)6-5-12(11)9-20(2)10-15(21)18-14-4-3-7-17-19-14/h3-8H,9-10H2,1-2H3,(H,18,19,21). The van der Waals surface area contributed by atoms with E-state index in [0.29, 0.717) is 18.9 Å². The molecule has 0 saturated carbocycles. The van der Waals surface area contributed by atoms with E-state index in [1.165, 1.54) is 11.1 Å². The molecule has 1 aromatic heterocycles. The molecule has 5 nitrogen and oxygen atoms in total. The van der Waals surface area contributed by atoms with Crippen LogP contribution < -0.4 is 5.32 Å².